The van der Waals surface area contributed by atoms with Crippen LogP contribution < -0.4 is 5.32 Å². The van der Waals surface area contributed by atoms with E-state index in [1.165, 1.54) is 11.8 Å². The lowest BCUT2D eigenvalue weighted by Crippen LogP contribution is -2.24. The molecule has 0 aliphatic carbocycles. The summed E-state index contributed by atoms with van der Waals surface area (Å²) >= 11 is 13.3. The van der Waals surface area contributed by atoms with Crippen LogP contribution in [0.15, 0.2) is 47.6 Å². The molecule has 28 heavy (non-hydrogen) atoms. The molecule has 142 valence electrons. The molecule has 9 heteroatoms. The van der Waals surface area contributed by atoms with Crippen molar-refractivity contribution in [1.82, 2.24) is 20.2 Å². The quantitative estimate of drug-likeness (QED) is 0.417. The van der Waals surface area contributed by atoms with Crippen molar-refractivity contribution in [3.63, 3.8) is 0 Å². The van der Waals surface area contributed by atoms with Gasteiger partial charge < -0.3 is 10.3 Å². The van der Waals surface area contributed by atoms with Crippen molar-refractivity contribution in [2.75, 3.05) is 5.32 Å². The Morgan fingerprint density at radius 2 is 1.93 bits per heavy atom. The molecule has 2 aromatic heterocycles. The molecule has 2 N–H and O–H groups in total. The third kappa shape index (κ3) is 3.92. The van der Waals surface area contributed by atoms with Crippen molar-refractivity contribution in [3.8, 4) is 0 Å². The van der Waals surface area contributed by atoms with Crippen molar-refractivity contribution in [2.45, 2.75) is 23.8 Å². The van der Waals surface area contributed by atoms with Crippen LogP contribution >= 0.6 is 35.0 Å². The Kier molecular flexibility index (Phi) is 5.39. The molecule has 0 radical (unpaired) electrons. The van der Waals surface area contributed by atoms with Crippen LogP contribution in [0.1, 0.15) is 13.3 Å². The fourth-order valence-corrected chi connectivity index (χ4v) is 4.20. The van der Waals surface area contributed by atoms with E-state index in [0.29, 0.717) is 38.5 Å². The maximum absolute atomic E-state index is 12.7. The van der Waals surface area contributed by atoms with E-state index in [4.69, 9.17) is 23.2 Å². The maximum atomic E-state index is 12.7. The topological polar surface area (TPSA) is 83.6 Å². The smallest absolute Gasteiger partial charge is 0.237 e. The Morgan fingerprint density at radius 3 is 2.68 bits per heavy atom. The van der Waals surface area contributed by atoms with Gasteiger partial charge in [0.1, 0.15) is 5.52 Å². The highest BCUT2D eigenvalue weighted by Gasteiger charge is 2.21. The molecule has 1 amide bonds. The number of halogens is 2. The van der Waals surface area contributed by atoms with Gasteiger partial charge in [0.2, 0.25) is 11.1 Å². The van der Waals surface area contributed by atoms with Crippen molar-refractivity contribution < 1.29 is 4.79 Å². The molecular weight excluding hydrogens is 417 g/mol. The monoisotopic (exact) mass is 431 g/mol. The number of benzene rings is 2. The van der Waals surface area contributed by atoms with Gasteiger partial charge in [0, 0.05) is 26.6 Å². The van der Waals surface area contributed by atoms with Crippen molar-refractivity contribution in [2.24, 2.45) is 0 Å². The number of anilines is 1. The first-order chi connectivity index (χ1) is 13.5. The highest BCUT2D eigenvalue weighted by molar-refractivity contribution is 8.00. The Hall–Kier alpha value is -2.35. The number of H-pyrrole nitrogens is 1. The molecule has 0 aliphatic rings. The molecule has 0 fully saturated rings. The molecule has 0 saturated carbocycles. The fourth-order valence-electron chi connectivity index (χ4n) is 2.85. The van der Waals surface area contributed by atoms with Crippen LogP contribution in [-0.2, 0) is 4.79 Å². The predicted octanol–water partition coefficient (Wildman–Crippen LogP) is 5.32. The highest BCUT2D eigenvalue weighted by atomic mass is 35.5. The standard InChI is InChI=1S/C19H15Cl2N5OS/c1-2-15(18(27)22-12-8-10(20)7-11(21)9-12)28-19-24-17-16(25-26-19)13-5-3-4-6-14(13)23-17/h3-9,15H,2H2,1H3,(H,22,27)(H,23,24,26). The zero-order chi connectivity index (χ0) is 19.7. The largest absolute Gasteiger partial charge is 0.338 e. The first-order valence-electron chi connectivity index (χ1n) is 8.58. The number of aromatic nitrogens is 4. The number of rotatable bonds is 5. The molecule has 0 aliphatic heterocycles. The second-order valence-corrected chi connectivity index (χ2v) is 8.17. The van der Waals surface area contributed by atoms with Crippen LogP contribution in [0.4, 0.5) is 5.69 Å². The minimum absolute atomic E-state index is 0.175. The lowest BCUT2D eigenvalue weighted by atomic mass is 10.2. The van der Waals surface area contributed by atoms with E-state index < -0.39 is 0 Å². The zero-order valence-corrected chi connectivity index (χ0v) is 17.1. The van der Waals surface area contributed by atoms with E-state index in [-0.39, 0.29) is 11.2 Å². The summed E-state index contributed by atoms with van der Waals surface area (Å²) in [5.41, 5.74) is 2.86. The molecule has 4 aromatic rings. The third-order valence-electron chi connectivity index (χ3n) is 4.14. The summed E-state index contributed by atoms with van der Waals surface area (Å²) in [6, 6.07) is 12.7. The number of hydrogen-bond acceptors (Lipinski definition) is 5. The number of thioether (sulfide) groups is 1. The van der Waals surface area contributed by atoms with Gasteiger partial charge in [-0.3, -0.25) is 4.79 Å². The van der Waals surface area contributed by atoms with Gasteiger partial charge in [-0.05, 0) is 30.7 Å². The second kappa shape index (κ2) is 7.95. The van der Waals surface area contributed by atoms with Gasteiger partial charge in [0.05, 0.1) is 5.25 Å². The van der Waals surface area contributed by atoms with Gasteiger partial charge in [0.15, 0.2) is 5.65 Å². The normalized spacial score (nSPS) is 12.4. The Balaban J connectivity index is 1.55. The Bertz CT molecular complexity index is 1160. The van der Waals surface area contributed by atoms with Crippen LogP contribution in [0.25, 0.3) is 22.1 Å². The van der Waals surface area contributed by atoms with Crippen molar-refractivity contribution in [3.05, 3.63) is 52.5 Å². The van der Waals surface area contributed by atoms with Crippen LogP contribution in [0.2, 0.25) is 10.0 Å². The molecule has 0 bridgehead atoms. The van der Waals surface area contributed by atoms with E-state index in [2.05, 4.69) is 25.5 Å². The van der Waals surface area contributed by atoms with Crippen molar-refractivity contribution >= 4 is 68.6 Å². The summed E-state index contributed by atoms with van der Waals surface area (Å²) in [6.07, 6.45) is 0.596. The summed E-state index contributed by atoms with van der Waals surface area (Å²) in [4.78, 5) is 20.4. The van der Waals surface area contributed by atoms with E-state index >= 15 is 0 Å². The Labute approximate surface area is 175 Å². The van der Waals surface area contributed by atoms with Crippen molar-refractivity contribution in [1.29, 1.82) is 0 Å². The SMILES string of the molecule is CCC(Sc1nnc2c(n1)[nH]c1ccccc12)C(=O)Nc1cc(Cl)cc(Cl)c1. The van der Waals surface area contributed by atoms with Crippen LogP contribution in [0.3, 0.4) is 0 Å². The molecular formula is C19H15Cl2N5OS. The molecule has 0 saturated heterocycles. The average Bonchev–Trinajstić information content (AvgIpc) is 3.02. The summed E-state index contributed by atoms with van der Waals surface area (Å²) < 4.78 is 0. The number of nitrogens with one attached hydrogen (secondary N) is 2. The second-order valence-electron chi connectivity index (χ2n) is 6.12. The van der Waals surface area contributed by atoms with Crippen LogP contribution in [-0.4, -0.2) is 31.3 Å². The number of carbonyl (C=O) groups is 1. The zero-order valence-electron chi connectivity index (χ0n) is 14.7. The Morgan fingerprint density at radius 1 is 1.18 bits per heavy atom. The molecule has 6 nitrogen and oxygen atoms in total. The first kappa shape index (κ1) is 19.0. The first-order valence-corrected chi connectivity index (χ1v) is 10.2. The van der Waals surface area contributed by atoms with Gasteiger partial charge in [0.25, 0.3) is 0 Å². The average molecular weight is 432 g/mol. The minimum atomic E-state index is -0.388. The van der Waals surface area contributed by atoms with Gasteiger partial charge >= 0.3 is 0 Å². The number of fused-ring (bicyclic) bond motifs is 3. The van der Waals surface area contributed by atoms with Crippen LogP contribution in [0.5, 0.6) is 0 Å². The van der Waals surface area contributed by atoms with E-state index in [1.807, 2.05) is 31.2 Å². The number of hydrogen-bond donors (Lipinski definition) is 2. The lowest BCUT2D eigenvalue weighted by Gasteiger charge is -2.14. The van der Waals surface area contributed by atoms with E-state index in [0.717, 1.165) is 10.9 Å². The van der Waals surface area contributed by atoms with Gasteiger partial charge in [-0.1, -0.05) is 60.1 Å². The minimum Gasteiger partial charge on any atom is -0.338 e. The molecule has 1 atom stereocenters. The third-order valence-corrected chi connectivity index (χ3v) is 5.80. The number of para-hydroxylation sites is 1. The number of carbonyl (C=O) groups excluding carboxylic acids is 1. The molecule has 1 unspecified atom stereocenters. The number of aromatic amines is 1. The summed E-state index contributed by atoms with van der Waals surface area (Å²) in [7, 11) is 0. The maximum Gasteiger partial charge on any atom is 0.237 e. The molecule has 4 rings (SSSR count). The van der Waals surface area contributed by atoms with Gasteiger partial charge in [-0.25, -0.2) is 4.98 Å². The van der Waals surface area contributed by atoms with Crippen LogP contribution in [0, 0.1) is 0 Å². The summed E-state index contributed by atoms with van der Waals surface area (Å²) in [5, 5.41) is 13.3. The number of nitrogens with zero attached hydrogens (tertiary/aromatic N) is 3. The van der Waals surface area contributed by atoms with Gasteiger partial charge in [-0.2, -0.15) is 0 Å². The highest BCUT2D eigenvalue weighted by Crippen LogP contribution is 2.28. The molecule has 0 spiro atoms. The fraction of sp³-hybridized carbons (Fsp3) is 0.158. The van der Waals surface area contributed by atoms with E-state index in [9.17, 15) is 4.79 Å². The lowest BCUT2D eigenvalue weighted by molar-refractivity contribution is -0.115. The number of amides is 1. The summed E-state index contributed by atoms with van der Waals surface area (Å²) in [6.45, 7) is 1.93. The van der Waals surface area contributed by atoms with E-state index in [1.54, 1.807) is 18.2 Å². The predicted molar refractivity (Wildman–Crippen MR) is 114 cm³/mol. The van der Waals surface area contributed by atoms with Gasteiger partial charge in [-0.15, -0.1) is 10.2 Å². The molecule has 2 heterocycles. The molecule has 2 aromatic carbocycles. The summed E-state index contributed by atoms with van der Waals surface area (Å²) in [5.74, 6) is -0.175.